The summed E-state index contributed by atoms with van der Waals surface area (Å²) < 4.78 is 5.11. The molecule has 16 heavy (non-hydrogen) atoms. The summed E-state index contributed by atoms with van der Waals surface area (Å²) in [6.45, 7) is 0.353. The minimum atomic E-state index is -1.00. The molecule has 0 radical (unpaired) electrons. The van der Waals surface area contributed by atoms with Crippen LogP contribution in [0.2, 0.25) is 0 Å². The van der Waals surface area contributed by atoms with E-state index in [1.54, 1.807) is 6.07 Å². The van der Waals surface area contributed by atoms with Crippen LogP contribution in [0, 0.1) is 0 Å². The molecule has 0 fully saturated rings. The van der Waals surface area contributed by atoms with Gasteiger partial charge in [-0.1, -0.05) is 0 Å². The monoisotopic (exact) mass is 221 g/mol. The van der Waals surface area contributed by atoms with Crippen molar-refractivity contribution in [2.24, 2.45) is 0 Å². The number of hydrogen-bond acceptors (Lipinski definition) is 3. The molecule has 0 unspecified atom stereocenters. The van der Waals surface area contributed by atoms with E-state index in [1.807, 2.05) is 0 Å². The number of fused-ring (bicyclic) bond motifs is 1. The molecule has 0 bridgehead atoms. The highest BCUT2D eigenvalue weighted by Crippen LogP contribution is 2.27. The van der Waals surface area contributed by atoms with Crippen molar-refractivity contribution in [3.8, 4) is 5.75 Å². The maximum Gasteiger partial charge on any atom is 0.335 e. The van der Waals surface area contributed by atoms with Crippen molar-refractivity contribution in [2.45, 2.75) is 13.0 Å². The van der Waals surface area contributed by atoms with E-state index in [-0.39, 0.29) is 17.9 Å². The first-order valence-corrected chi connectivity index (χ1v) is 4.81. The number of carbonyl (C=O) groups is 2. The molecule has 1 aromatic rings. The summed E-state index contributed by atoms with van der Waals surface area (Å²) in [6, 6.07) is 3.01. The van der Waals surface area contributed by atoms with Gasteiger partial charge in [-0.2, -0.15) is 0 Å². The number of carboxylic acid groups (broad SMARTS) is 1. The average Bonchev–Trinajstić information content (AvgIpc) is 2.27. The lowest BCUT2D eigenvalue weighted by Gasteiger charge is -2.19. The normalized spacial score (nSPS) is 13.9. The van der Waals surface area contributed by atoms with Crippen LogP contribution < -0.4 is 10.1 Å². The zero-order valence-corrected chi connectivity index (χ0v) is 8.74. The summed E-state index contributed by atoms with van der Waals surface area (Å²) in [5.41, 5.74) is 1.75. The molecule has 0 spiro atoms. The molecule has 1 amide bonds. The quantitative estimate of drug-likeness (QED) is 0.765. The molecule has 1 aromatic carbocycles. The van der Waals surface area contributed by atoms with Crippen molar-refractivity contribution < 1.29 is 19.4 Å². The Morgan fingerprint density at radius 2 is 2.25 bits per heavy atom. The summed E-state index contributed by atoms with van der Waals surface area (Å²) in [5.74, 6) is -0.614. The molecule has 0 atom stereocenters. The maximum atomic E-state index is 11.2. The van der Waals surface area contributed by atoms with E-state index in [2.05, 4.69) is 5.32 Å². The third kappa shape index (κ3) is 1.71. The van der Waals surface area contributed by atoms with E-state index in [4.69, 9.17) is 9.84 Å². The minimum Gasteiger partial charge on any atom is -0.496 e. The fourth-order valence-electron chi connectivity index (χ4n) is 1.78. The zero-order valence-electron chi connectivity index (χ0n) is 8.74. The number of benzene rings is 1. The molecular weight excluding hydrogens is 210 g/mol. The number of amides is 1. The Bertz CT molecular complexity index is 450. The number of carboxylic acids is 1. The van der Waals surface area contributed by atoms with Gasteiger partial charge in [-0.05, 0) is 17.7 Å². The summed E-state index contributed by atoms with van der Waals surface area (Å²) >= 11 is 0. The predicted molar refractivity (Wildman–Crippen MR) is 55.5 cm³/mol. The highest BCUT2D eigenvalue weighted by Gasteiger charge is 2.21. The Kier molecular flexibility index (Phi) is 2.52. The molecule has 2 rings (SSSR count). The van der Waals surface area contributed by atoms with Gasteiger partial charge in [0, 0.05) is 12.1 Å². The van der Waals surface area contributed by atoms with E-state index in [0.29, 0.717) is 12.3 Å². The van der Waals surface area contributed by atoms with Gasteiger partial charge in [0.2, 0.25) is 5.91 Å². The van der Waals surface area contributed by atoms with Crippen LogP contribution in [0.25, 0.3) is 0 Å². The van der Waals surface area contributed by atoms with Gasteiger partial charge >= 0.3 is 5.97 Å². The van der Waals surface area contributed by atoms with Crippen LogP contribution in [0.5, 0.6) is 5.75 Å². The van der Waals surface area contributed by atoms with Gasteiger partial charge in [-0.3, -0.25) is 4.79 Å². The molecular formula is C11H11NO4. The summed E-state index contributed by atoms with van der Waals surface area (Å²) in [5, 5.41) is 11.6. The molecule has 1 heterocycles. The van der Waals surface area contributed by atoms with Gasteiger partial charge in [-0.15, -0.1) is 0 Å². The maximum absolute atomic E-state index is 11.2. The highest BCUT2D eigenvalue weighted by atomic mass is 16.5. The fourth-order valence-corrected chi connectivity index (χ4v) is 1.78. The number of methoxy groups -OCH3 is 1. The predicted octanol–water partition coefficient (Wildman–Crippen LogP) is 0.566. The van der Waals surface area contributed by atoms with Crippen LogP contribution >= 0.6 is 0 Å². The molecule has 2 N–H and O–H groups in total. The number of hydrogen-bond donors (Lipinski definition) is 2. The highest BCUT2D eigenvalue weighted by molar-refractivity contribution is 5.90. The van der Waals surface area contributed by atoms with Crippen molar-refractivity contribution in [1.29, 1.82) is 0 Å². The third-order valence-corrected chi connectivity index (χ3v) is 2.58. The first kappa shape index (κ1) is 10.5. The van der Waals surface area contributed by atoms with Gasteiger partial charge in [0.05, 0.1) is 19.1 Å². The van der Waals surface area contributed by atoms with Crippen LogP contribution in [-0.2, 0) is 17.8 Å². The summed E-state index contributed by atoms with van der Waals surface area (Å²) in [7, 11) is 1.47. The second kappa shape index (κ2) is 3.84. The lowest BCUT2D eigenvalue weighted by atomic mass is 9.97. The van der Waals surface area contributed by atoms with Crippen LogP contribution in [0.15, 0.2) is 12.1 Å². The largest absolute Gasteiger partial charge is 0.496 e. The standard InChI is InChI=1S/C11H11NO4/c1-16-9-3-6(11(14)15)2-7-5-12-10(13)4-8(7)9/h2-3H,4-5H2,1H3,(H,12,13)(H,14,15). The van der Waals surface area contributed by atoms with Gasteiger partial charge in [0.15, 0.2) is 0 Å². The van der Waals surface area contributed by atoms with E-state index in [9.17, 15) is 9.59 Å². The second-order valence-corrected chi connectivity index (χ2v) is 3.57. The third-order valence-electron chi connectivity index (χ3n) is 2.58. The Morgan fingerprint density at radius 3 is 2.88 bits per heavy atom. The van der Waals surface area contributed by atoms with Crippen LogP contribution in [-0.4, -0.2) is 24.1 Å². The van der Waals surface area contributed by atoms with Gasteiger partial charge < -0.3 is 15.2 Å². The number of ether oxygens (including phenoxy) is 1. The molecule has 0 aromatic heterocycles. The molecule has 0 aliphatic carbocycles. The van der Waals surface area contributed by atoms with E-state index in [0.717, 1.165) is 11.1 Å². The number of aromatic carboxylic acids is 1. The lowest BCUT2D eigenvalue weighted by Crippen LogP contribution is -2.30. The number of rotatable bonds is 2. The second-order valence-electron chi connectivity index (χ2n) is 3.57. The molecule has 0 saturated carbocycles. The Hall–Kier alpha value is -2.04. The first-order valence-electron chi connectivity index (χ1n) is 4.81. The molecule has 1 aliphatic rings. The van der Waals surface area contributed by atoms with Gasteiger partial charge in [-0.25, -0.2) is 4.79 Å². The van der Waals surface area contributed by atoms with Gasteiger partial charge in [0.1, 0.15) is 5.75 Å². The molecule has 1 aliphatic heterocycles. The van der Waals surface area contributed by atoms with Crippen molar-refractivity contribution >= 4 is 11.9 Å². The smallest absolute Gasteiger partial charge is 0.335 e. The van der Waals surface area contributed by atoms with E-state index < -0.39 is 5.97 Å². The van der Waals surface area contributed by atoms with Crippen molar-refractivity contribution in [1.82, 2.24) is 5.32 Å². The van der Waals surface area contributed by atoms with Crippen molar-refractivity contribution in [2.75, 3.05) is 7.11 Å². The summed E-state index contributed by atoms with van der Waals surface area (Å²) in [4.78, 5) is 22.1. The van der Waals surface area contributed by atoms with Crippen molar-refractivity contribution in [3.05, 3.63) is 28.8 Å². The Labute approximate surface area is 92.0 Å². The van der Waals surface area contributed by atoms with Crippen LogP contribution in [0.4, 0.5) is 0 Å². The lowest BCUT2D eigenvalue weighted by molar-refractivity contribution is -0.121. The first-order chi connectivity index (χ1) is 7.61. The van der Waals surface area contributed by atoms with E-state index in [1.165, 1.54) is 13.2 Å². The molecule has 5 heteroatoms. The molecule has 5 nitrogen and oxygen atoms in total. The van der Waals surface area contributed by atoms with Crippen molar-refractivity contribution in [3.63, 3.8) is 0 Å². The molecule has 84 valence electrons. The summed E-state index contributed by atoms with van der Waals surface area (Å²) in [6.07, 6.45) is 0.235. The zero-order chi connectivity index (χ0) is 11.7. The van der Waals surface area contributed by atoms with Gasteiger partial charge in [0.25, 0.3) is 0 Å². The topological polar surface area (TPSA) is 75.6 Å². The number of nitrogens with one attached hydrogen (secondary N) is 1. The van der Waals surface area contributed by atoms with E-state index >= 15 is 0 Å². The van der Waals surface area contributed by atoms with Crippen LogP contribution in [0.3, 0.4) is 0 Å². The fraction of sp³-hybridized carbons (Fsp3) is 0.273. The number of carbonyl (C=O) groups excluding carboxylic acids is 1. The Balaban J connectivity index is 2.54. The Morgan fingerprint density at radius 1 is 1.50 bits per heavy atom. The average molecular weight is 221 g/mol. The SMILES string of the molecule is COc1cc(C(=O)O)cc2c1CC(=O)NC2. The van der Waals surface area contributed by atoms with Crippen LogP contribution in [0.1, 0.15) is 21.5 Å². The molecule has 0 saturated heterocycles. The minimum absolute atomic E-state index is 0.0751.